The third-order valence-electron chi connectivity index (χ3n) is 3.42. The monoisotopic (exact) mass is 345 g/mol. The summed E-state index contributed by atoms with van der Waals surface area (Å²) in [5.74, 6) is -0.183. The van der Waals surface area contributed by atoms with Crippen LogP contribution in [0.4, 0.5) is 11.4 Å². The number of rotatable bonds is 5. The van der Waals surface area contributed by atoms with Crippen molar-refractivity contribution in [2.45, 2.75) is 13.5 Å². The first-order chi connectivity index (χ1) is 11.5. The van der Waals surface area contributed by atoms with Crippen LogP contribution >= 0.6 is 11.6 Å². The van der Waals surface area contributed by atoms with Crippen molar-refractivity contribution in [3.05, 3.63) is 58.1 Å². The molecule has 0 saturated heterocycles. The van der Waals surface area contributed by atoms with Crippen LogP contribution in [0.25, 0.3) is 5.65 Å². The van der Waals surface area contributed by atoms with Crippen molar-refractivity contribution in [3.63, 3.8) is 0 Å². The second kappa shape index (κ2) is 6.76. The number of hydrogen-bond donors (Lipinski definition) is 2. The quantitative estimate of drug-likeness (QED) is 0.743. The molecule has 0 saturated carbocycles. The molecule has 0 aliphatic carbocycles. The minimum Gasteiger partial charge on any atom is -0.381 e. The van der Waals surface area contributed by atoms with E-state index in [0.717, 1.165) is 5.69 Å². The number of anilines is 2. The van der Waals surface area contributed by atoms with Gasteiger partial charge in [-0.1, -0.05) is 17.7 Å². The summed E-state index contributed by atoms with van der Waals surface area (Å²) in [5, 5.41) is 10.7. The Hall–Kier alpha value is -2.80. The highest BCUT2D eigenvalue weighted by Crippen LogP contribution is 2.25. The molecule has 124 valence electrons. The summed E-state index contributed by atoms with van der Waals surface area (Å²) in [6.45, 7) is 2.29. The van der Waals surface area contributed by atoms with Crippen molar-refractivity contribution in [2.24, 2.45) is 0 Å². The van der Waals surface area contributed by atoms with Gasteiger partial charge in [-0.3, -0.25) is 9.20 Å². The Morgan fingerprint density at radius 2 is 2.08 bits per heavy atom. The maximum absolute atomic E-state index is 12.2. The highest BCUT2D eigenvalue weighted by atomic mass is 35.5. The lowest BCUT2D eigenvalue weighted by atomic mass is 10.2. The number of nitrogens with zero attached hydrogens (tertiary/aromatic N) is 3. The molecule has 0 aliphatic rings. The van der Waals surface area contributed by atoms with Gasteiger partial charge in [-0.05, 0) is 30.3 Å². The van der Waals surface area contributed by atoms with E-state index in [0.29, 0.717) is 29.4 Å². The van der Waals surface area contributed by atoms with Crippen molar-refractivity contribution < 1.29 is 4.79 Å². The molecule has 7 nitrogen and oxygen atoms in total. The summed E-state index contributed by atoms with van der Waals surface area (Å²) in [4.78, 5) is 23.5. The lowest BCUT2D eigenvalue weighted by molar-refractivity contribution is -0.114. The lowest BCUT2D eigenvalue weighted by Gasteiger charge is -2.12. The van der Waals surface area contributed by atoms with E-state index in [1.54, 1.807) is 36.5 Å². The third kappa shape index (κ3) is 3.41. The molecule has 3 aromatic rings. The first kappa shape index (κ1) is 16.1. The molecule has 0 unspecified atom stereocenters. The third-order valence-corrected chi connectivity index (χ3v) is 3.65. The SMILES string of the molecule is CC(=O)Nc1cc(Cl)ccc1NCCn1nc2ccccn2c1=O. The normalized spacial score (nSPS) is 10.8. The van der Waals surface area contributed by atoms with Crippen LogP contribution in [0.3, 0.4) is 0 Å². The van der Waals surface area contributed by atoms with E-state index in [-0.39, 0.29) is 11.6 Å². The standard InChI is InChI=1S/C16H16ClN5O2/c1-11(23)19-14-10-12(17)5-6-13(14)18-7-9-22-16(24)21-8-3-2-4-15(21)20-22/h2-6,8,10,18H,7,9H2,1H3,(H,19,23). The summed E-state index contributed by atoms with van der Waals surface area (Å²) in [6, 6.07) is 10.6. The van der Waals surface area contributed by atoms with Gasteiger partial charge in [0.1, 0.15) is 0 Å². The number of benzene rings is 1. The molecule has 0 radical (unpaired) electrons. The van der Waals surface area contributed by atoms with Crippen molar-refractivity contribution in [2.75, 3.05) is 17.2 Å². The number of carbonyl (C=O) groups excluding carboxylic acids is 1. The average Bonchev–Trinajstić information content (AvgIpc) is 2.86. The predicted molar refractivity (Wildman–Crippen MR) is 93.7 cm³/mol. The van der Waals surface area contributed by atoms with E-state index in [4.69, 9.17) is 11.6 Å². The van der Waals surface area contributed by atoms with Crippen LogP contribution in [-0.2, 0) is 11.3 Å². The van der Waals surface area contributed by atoms with Gasteiger partial charge in [0.15, 0.2) is 5.65 Å². The van der Waals surface area contributed by atoms with Crippen molar-refractivity contribution in [3.8, 4) is 0 Å². The van der Waals surface area contributed by atoms with E-state index < -0.39 is 0 Å². The fourth-order valence-corrected chi connectivity index (χ4v) is 2.55. The molecule has 0 bridgehead atoms. The topological polar surface area (TPSA) is 80.4 Å². The zero-order chi connectivity index (χ0) is 17.1. The van der Waals surface area contributed by atoms with Gasteiger partial charge in [0, 0.05) is 24.7 Å². The van der Waals surface area contributed by atoms with Crippen molar-refractivity contribution in [1.29, 1.82) is 0 Å². The molecule has 1 aromatic carbocycles. The second-order valence-electron chi connectivity index (χ2n) is 5.23. The average molecular weight is 346 g/mol. The molecule has 0 spiro atoms. The highest BCUT2D eigenvalue weighted by molar-refractivity contribution is 6.31. The van der Waals surface area contributed by atoms with Crippen LogP contribution in [0.2, 0.25) is 5.02 Å². The van der Waals surface area contributed by atoms with Gasteiger partial charge in [0.2, 0.25) is 5.91 Å². The molecule has 2 heterocycles. The van der Waals surface area contributed by atoms with Gasteiger partial charge in [-0.2, -0.15) is 0 Å². The minimum atomic E-state index is -0.189. The first-order valence-electron chi connectivity index (χ1n) is 7.40. The smallest absolute Gasteiger partial charge is 0.350 e. The molecule has 8 heteroatoms. The Balaban J connectivity index is 1.73. The molecule has 0 fully saturated rings. The largest absolute Gasteiger partial charge is 0.381 e. The van der Waals surface area contributed by atoms with Gasteiger partial charge in [-0.25, -0.2) is 9.48 Å². The van der Waals surface area contributed by atoms with E-state index >= 15 is 0 Å². The molecule has 3 rings (SSSR count). The molecule has 0 aliphatic heterocycles. The van der Waals surface area contributed by atoms with Crippen LogP contribution in [0.1, 0.15) is 6.92 Å². The summed E-state index contributed by atoms with van der Waals surface area (Å²) in [6.07, 6.45) is 1.68. The Morgan fingerprint density at radius 1 is 1.25 bits per heavy atom. The highest BCUT2D eigenvalue weighted by Gasteiger charge is 2.07. The van der Waals surface area contributed by atoms with Gasteiger partial charge in [-0.15, -0.1) is 5.10 Å². The first-order valence-corrected chi connectivity index (χ1v) is 7.77. The van der Waals surface area contributed by atoms with Crippen LogP contribution < -0.4 is 16.3 Å². The number of pyridine rings is 1. The van der Waals surface area contributed by atoms with E-state index in [2.05, 4.69) is 15.7 Å². The van der Waals surface area contributed by atoms with Crippen LogP contribution in [0.5, 0.6) is 0 Å². The molecule has 0 atom stereocenters. The summed E-state index contributed by atoms with van der Waals surface area (Å²) in [7, 11) is 0. The molecule has 1 amide bonds. The zero-order valence-electron chi connectivity index (χ0n) is 13.0. The van der Waals surface area contributed by atoms with Gasteiger partial charge in [0.25, 0.3) is 0 Å². The summed E-state index contributed by atoms with van der Waals surface area (Å²) in [5.41, 5.74) is 1.74. The van der Waals surface area contributed by atoms with Gasteiger partial charge >= 0.3 is 5.69 Å². The number of nitrogens with one attached hydrogen (secondary N) is 2. The maximum Gasteiger partial charge on any atom is 0.350 e. The Bertz CT molecular complexity index is 947. The number of amides is 1. The second-order valence-corrected chi connectivity index (χ2v) is 5.67. The van der Waals surface area contributed by atoms with Gasteiger partial charge in [0.05, 0.1) is 17.9 Å². The maximum atomic E-state index is 12.2. The summed E-state index contributed by atoms with van der Waals surface area (Å²) >= 11 is 5.96. The molecule has 2 N–H and O–H groups in total. The fraction of sp³-hybridized carbons (Fsp3) is 0.188. The minimum absolute atomic E-state index is 0.183. The fourth-order valence-electron chi connectivity index (χ4n) is 2.37. The van der Waals surface area contributed by atoms with E-state index in [1.165, 1.54) is 16.0 Å². The number of fused-ring (bicyclic) bond motifs is 1. The molecular weight excluding hydrogens is 330 g/mol. The zero-order valence-corrected chi connectivity index (χ0v) is 13.7. The number of carbonyl (C=O) groups is 1. The van der Waals surface area contributed by atoms with E-state index in [9.17, 15) is 9.59 Å². The Morgan fingerprint density at radius 3 is 2.83 bits per heavy atom. The molecule has 24 heavy (non-hydrogen) atoms. The predicted octanol–water partition coefficient (Wildman–Crippen LogP) is 2.22. The number of aromatic nitrogens is 3. The molecular formula is C16H16ClN5O2. The van der Waals surface area contributed by atoms with Crippen molar-refractivity contribution in [1.82, 2.24) is 14.2 Å². The summed E-state index contributed by atoms with van der Waals surface area (Å²) < 4.78 is 2.89. The van der Waals surface area contributed by atoms with Crippen molar-refractivity contribution >= 4 is 34.5 Å². The van der Waals surface area contributed by atoms with Crippen LogP contribution in [-0.4, -0.2) is 26.6 Å². The Kier molecular flexibility index (Phi) is 4.52. The number of hydrogen-bond acceptors (Lipinski definition) is 4. The Labute approximate surface area is 142 Å². The van der Waals surface area contributed by atoms with Gasteiger partial charge < -0.3 is 10.6 Å². The number of halogens is 1. The molecule has 2 aromatic heterocycles. The van der Waals surface area contributed by atoms with E-state index in [1.807, 2.05) is 6.07 Å². The lowest BCUT2D eigenvalue weighted by Crippen LogP contribution is -2.24. The van der Waals surface area contributed by atoms with Crippen LogP contribution in [0.15, 0.2) is 47.4 Å². The van der Waals surface area contributed by atoms with Crippen LogP contribution in [0, 0.1) is 0 Å².